The summed E-state index contributed by atoms with van der Waals surface area (Å²) in [6, 6.07) is 11.4. The quantitative estimate of drug-likeness (QED) is 0.424. The van der Waals surface area contributed by atoms with E-state index in [0.717, 1.165) is 50.9 Å². The lowest BCUT2D eigenvalue weighted by molar-refractivity contribution is -0.132. The molecule has 1 aliphatic heterocycles. The number of hydrogen-bond donors (Lipinski definition) is 0. The van der Waals surface area contributed by atoms with Gasteiger partial charge in [-0.1, -0.05) is 28.4 Å². The normalized spacial score (nSPS) is 13.2. The molecule has 1 amide bonds. The Labute approximate surface area is 191 Å². The average Bonchev–Trinajstić information content (AvgIpc) is 3.18. The van der Waals surface area contributed by atoms with Crippen LogP contribution in [0.5, 0.6) is 5.75 Å². The Morgan fingerprint density at radius 1 is 1.16 bits per heavy atom. The van der Waals surface area contributed by atoms with Gasteiger partial charge in [0.1, 0.15) is 11.4 Å². The lowest BCUT2D eigenvalue weighted by atomic mass is 10.0. The number of amides is 1. The van der Waals surface area contributed by atoms with E-state index in [1.165, 1.54) is 0 Å². The van der Waals surface area contributed by atoms with Gasteiger partial charge >= 0.3 is 0 Å². The molecule has 0 radical (unpaired) electrons. The van der Waals surface area contributed by atoms with Crippen molar-refractivity contribution in [3.8, 4) is 17.1 Å². The molecule has 162 valence electrons. The maximum absolute atomic E-state index is 12.7. The lowest BCUT2D eigenvalue weighted by Crippen LogP contribution is -2.36. The van der Waals surface area contributed by atoms with E-state index in [1.54, 1.807) is 0 Å². The number of benzene rings is 2. The standard InChI is InChI=1S/C24H24Cl2N2O3/c1-15-12-19(13-16(2)23(15)26)30-11-3-4-22(29)28-10-9-20-21(14-28)27-31-24(20)17-5-7-18(25)8-6-17/h5-8,12-13H,3-4,9-11,14H2,1-2H3. The maximum Gasteiger partial charge on any atom is 0.223 e. The minimum atomic E-state index is 0.105. The molecule has 0 atom stereocenters. The summed E-state index contributed by atoms with van der Waals surface area (Å²) in [5, 5.41) is 5.65. The summed E-state index contributed by atoms with van der Waals surface area (Å²) in [7, 11) is 0. The van der Waals surface area contributed by atoms with Crippen molar-refractivity contribution in [1.82, 2.24) is 10.1 Å². The van der Waals surface area contributed by atoms with Crippen LogP contribution in [0.2, 0.25) is 10.0 Å². The number of aromatic nitrogens is 1. The number of hydrogen-bond acceptors (Lipinski definition) is 4. The van der Waals surface area contributed by atoms with Crippen LogP contribution >= 0.6 is 23.2 Å². The van der Waals surface area contributed by atoms with Gasteiger partial charge < -0.3 is 14.2 Å². The number of aryl methyl sites for hydroxylation is 2. The summed E-state index contributed by atoms with van der Waals surface area (Å²) in [4.78, 5) is 14.5. The second kappa shape index (κ2) is 9.33. The predicted octanol–water partition coefficient (Wildman–Crippen LogP) is 6.01. The molecule has 1 aliphatic rings. The van der Waals surface area contributed by atoms with Crippen molar-refractivity contribution >= 4 is 29.1 Å². The Morgan fingerprint density at radius 3 is 2.58 bits per heavy atom. The van der Waals surface area contributed by atoms with E-state index in [-0.39, 0.29) is 5.91 Å². The van der Waals surface area contributed by atoms with Crippen molar-refractivity contribution in [1.29, 1.82) is 0 Å². The maximum atomic E-state index is 12.7. The van der Waals surface area contributed by atoms with E-state index in [9.17, 15) is 4.79 Å². The van der Waals surface area contributed by atoms with Crippen molar-refractivity contribution in [3.63, 3.8) is 0 Å². The second-order valence-corrected chi connectivity index (χ2v) is 8.65. The van der Waals surface area contributed by atoms with Gasteiger partial charge in [0.15, 0.2) is 5.76 Å². The zero-order valence-electron chi connectivity index (χ0n) is 17.6. The number of halogens is 2. The topological polar surface area (TPSA) is 55.6 Å². The molecule has 31 heavy (non-hydrogen) atoms. The third kappa shape index (κ3) is 4.89. The van der Waals surface area contributed by atoms with Crippen molar-refractivity contribution in [3.05, 3.63) is 68.8 Å². The van der Waals surface area contributed by atoms with Gasteiger partial charge in [-0.15, -0.1) is 0 Å². The molecule has 0 fully saturated rings. The van der Waals surface area contributed by atoms with Gasteiger partial charge in [0.25, 0.3) is 0 Å². The number of ether oxygens (including phenoxy) is 1. The van der Waals surface area contributed by atoms with E-state index in [4.69, 9.17) is 32.5 Å². The zero-order chi connectivity index (χ0) is 22.0. The molecule has 2 aromatic carbocycles. The highest BCUT2D eigenvalue weighted by Gasteiger charge is 2.27. The first-order valence-corrected chi connectivity index (χ1v) is 11.1. The van der Waals surface area contributed by atoms with Gasteiger partial charge in [-0.05, 0) is 74.2 Å². The summed E-state index contributed by atoms with van der Waals surface area (Å²) in [6.45, 7) is 5.53. The van der Waals surface area contributed by atoms with E-state index < -0.39 is 0 Å². The van der Waals surface area contributed by atoms with Gasteiger partial charge in [-0.2, -0.15) is 0 Å². The number of carbonyl (C=O) groups excluding carboxylic acids is 1. The SMILES string of the molecule is Cc1cc(OCCCC(=O)N2CCc3c(noc3-c3ccc(Cl)cc3)C2)cc(C)c1Cl. The molecule has 2 heterocycles. The van der Waals surface area contributed by atoms with Crippen molar-refractivity contribution < 1.29 is 14.1 Å². The highest BCUT2D eigenvalue weighted by atomic mass is 35.5. The minimum Gasteiger partial charge on any atom is -0.494 e. The zero-order valence-corrected chi connectivity index (χ0v) is 19.1. The Kier molecular flexibility index (Phi) is 6.54. The molecule has 5 nitrogen and oxygen atoms in total. The highest BCUT2D eigenvalue weighted by molar-refractivity contribution is 6.32. The fourth-order valence-electron chi connectivity index (χ4n) is 3.83. The molecular weight excluding hydrogens is 435 g/mol. The van der Waals surface area contributed by atoms with E-state index in [1.807, 2.05) is 55.1 Å². The fourth-order valence-corrected chi connectivity index (χ4v) is 4.07. The van der Waals surface area contributed by atoms with Crippen LogP contribution in [0, 0.1) is 13.8 Å². The molecule has 0 saturated carbocycles. The summed E-state index contributed by atoms with van der Waals surface area (Å²) >= 11 is 12.2. The first-order valence-electron chi connectivity index (χ1n) is 10.3. The van der Waals surface area contributed by atoms with Gasteiger partial charge in [0.2, 0.25) is 5.91 Å². The van der Waals surface area contributed by atoms with Crippen LogP contribution in [0.4, 0.5) is 0 Å². The fraction of sp³-hybridized carbons (Fsp3) is 0.333. The molecule has 4 rings (SSSR count). The summed E-state index contributed by atoms with van der Waals surface area (Å²) in [5.41, 5.74) is 4.82. The van der Waals surface area contributed by atoms with E-state index in [2.05, 4.69) is 5.16 Å². The molecule has 0 unspecified atom stereocenters. The number of rotatable bonds is 6. The Balaban J connectivity index is 1.30. The van der Waals surface area contributed by atoms with Gasteiger partial charge in [-0.3, -0.25) is 4.79 Å². The van der Waals surface area contributed by atoms with Gasteiger partial charge in [0, 0.05) is 34.1 Å². The number of fused-ring (bicyclic) bond motifs is 1. The third-order valence-corrected chi connectivity index (χ3v) is 6.36. The molecular formula is C24H24Cl2N2O3. The number of nitrogens with zero attached hydrogens (tertiary/aromatic N) is 2. The molecule has 0 saturated heterocycles. The molecule has 0 spiro atoms. The smallest absolute Gasteiger partial charge is 0.223 e. The van der Waals surface area contributed by atoms with Gasteiger partial charge in [-0.25, -0.2) is 0 Å². The minimum absolute atomic E-state index is 0.105. The molecule has 0 aliphatic carbocycles. The van der Waals surface area contributed by atoms with Crippen LogP contribution in [0.25, 0.3) is 11.3 Å². The molecule has 0 bridgehead atoms. The van der Waals surface area contributed by atoms with Crippen molar-refractivity contribution in [2.45, 2.75) is 39.7 Å². The Morgan fingerprint density at radius 2 is 1.87 bits per heavy atom. The van der Waals surface area contributed by atoms with Crippen molar-refractivity contribution in [2.24, 2.45) is 0 Å². The largest absolute Gasteiger partial charge is 0.494 e. The molecule has 7 heteroatoms. The van der Waals surface area contributed by atoms with E-state index >= 15 is 0 Å². The average molecular weight is 459 g/mol. The monoisotopic (exact) mass is 458 g/mol. The van der Waals surface area contributed by atoms with Crippen LogP contribution in [0.1, 0.15) is 35.2 Å². The molecule has 3 aromatic rings. The molecule has 0 N–H and O–H groups in total. The first kappa shape index (κ1) is 21.7. The van der Waals surface area contributed by atoms with Crippen LogP contribution in [-0.2, 0) is 17.8 Å². The third-order valence-electron chi connectivity index (χ3n) is 5.51. The summed E-state index contributed by atoms with van der Waals surface area (Å²) < 4.78 is 11.4. The van der Waals surface area contributed by atoms with Crippen LogP contribution < -0.4 is 4.74 Å². The Bertz CT molecular complexity index is 1070. The molecule has 1 aromatic heterocycles. The van der Waals surface area contributed by atoms with E-state index in [0.29, 0.717) is 37.6 Å². The predicted molar refractivity (Wildman–Crippen MR) is 122 cm³/mol. The highest BCUT2D eigenvalue weighted by Crippen LogP contribution is 2.31. The summed E-state index contributed by atoms with van der Waals surface area (Å²) in [5.74, 6) is 1.65. The number of carbonyl (C=O) groups is 1. The first-order chi connectivity index (χ1) is 14.9. The van der Waals surface area contributed by atoms with Crippen molar-refractivity contribution in [2.75, 3.05) is 13.2 Å². The van der Waals surface area contributed by atoms with Crippen LogP contribution in [0.3, 0.4) is 0 Å². The van der Waals surface area contributed by atoms with Crippen LogP contribution in [-0.4, -0.2) is 29.1 Å². The van der Waals surface area contributed by atoms with Gasteiger partial charge in [0.05, 0.1) is 13.2 Å². The second-order valence-electron chi connectivity index (χ2n) is 7.83. The summed E-state index contributed by atoms with van der Waals surface area (Å²) in [6.07, 6.45) is 1.81. The Hall–Kier alpha value is -2.50. The van der Waals surface area contributed by atoms with Crippen LogP contribution in [0.15, 0.2) is 40.9 Å². The lowest BCUT2D eigenvalue weighted by Gasteiger charge is -2.26.